The third-order valence-corrected chi connectivity index (χ3v) is 5.56. The lowest BCUT2D eigenvalue weighted by Crippen LogP contribution is -2.60. The number of nitrogens with two attached hydrogens (primary N) is 1. The van der Waals surface area contributed by atoms with Gasteiger partial charge in [0.15, 0.2) is 6.19 Å². The number of anilines is 2. The number of piperazine rings is 1. The molecule has 1 heterocycles. The average molecular weight is 438 g/mol. The molecule has 1 aliphatic rings. The van der Waals surface area contributed by atoms with Gasteiger partial charge in [-0.2, -0.15) is 5.26 Å². The molecule has 0 saturated carbocycles. The molecule has 168 valence electrons. The summed E-state index contributed by atoms with van der Waals surface area (Å²) in [5, 5.41) is 14.8. The number of rotatable bonds is 3. The van der Waals surface area contributed by atoms with Gasteiger partial charge >= 0.3 is 6.03 Å². The molecule has 0 aliphatic carbocycles. The third kappa shape index (κ3) is 5.27. The number of benzene rings is 2. The lowest BCUT2D eigenvalue weighted by Gasteiger charge is -2.44. The number of nitrogens with one attached hydrogen (secondary N) is 2. The van der Waals surface area contributed by atoms with Crippen molar-refractivity contribution < 1.29 is 9.18 Å². The zero-order valence-electron chi connectivity index (χ0n) is 18.5. The summed E-state index contributed by atoms with van der Waals surface area (Å²) < 4.78 is 13.4. The molecule has 2 amide bonds. The van der Waals surface area contributed by atoms with Crippen LogP contribution in [0.2, 0.25) is 0 Å². The maximum Gasteiger partial charge on any atom is 0.321 e. The van der Waals surface area contributed by atoms with E-state index in [1.165, 1.54) is 12.1 Å². The number of aliphatic imine (C=N–C) groups is 1. The summed E-state index contributed by atoms with van der Waals surface area (Å²) >= 11 is 0. The summed E-state index contributed by atoms with van der Waals surface area (Å²) in [7, 11) is 0. The van der Waals surface area contributed by atoms with Crippen LogP contribution in [0.15, 0.2) is 47.5 Å². The van der Waals surface area contributed by atoms with Crippen molar-refractivity contribution in [2.24, 2.45) is 10.9 Å². The molecular weight excluding hydrogens is 409 g/mol. The summed E-state index contributed by atoms with van der Waals surface area (Å²) in [5.74, 6) is 0.186. The second-order valence-electron chi connectivity index (χ2n) is 8.05. The fourth-order valence-corrected chi connectivity index (χ4v) is 3.69. The first-order valence-corrected chi connectivity index (χ1v) is 10.5. The highest BCUT2D eigenvalue weighted by atomic mass is 19.1. The van der Waals surface area contributed by atoms with E-state index in [9.17, 15) is 14.4 Å². The molecule has 8 nitrogen and oxygen atoms in total. The first-order chi connectivity index (χ1) is 15.3. The van der Waals surface area contributed by atoms with Gasteiger partial charge in [-0.3, -0.25) is 5.32 Å². The molecule has 32 heavy (non-hydrogen) atoms. The molecule has 1 atom stereocenters. The van der Waals surface area contributed by atoms with Crippen LogP contribution in [0, 0.1) is 30.1 Å². The summed E-state index contributed by atoms with van der Waals surface area (Å²) in [4.78, 5) is 21.2. The summed E-state index contributed by atoms with van der Waals surface area (Å²) in [5.41, 5.74) is 8.55. The van der Waals surface area contributed by atoms with Crippen molar-refractivity contribution in [3.8, 4) is 6.19 Å². The lowest BCUT2D eigenvalue weighted by atomic mass is 10.00. The van der Waals surface area contributed by atoms with Crippen LogP contribution in [0.5, 0.6) is 0 Å². The van der Waals surface area contributed by atoms with E-state index in [2.05, 4.69) is 29.5 Å². The molecule has 1 unspecified atom stereocenters. The second-order valence-corrected chi connectivity index (χ2v) is 8.05. The Morgan fingerprint density at radius 2 is 2.03 bits per heavy atom. The smallest absolute Gasteiger partial charge is 0.321 e. The van der Waals surface area contributed by atoms with Crippen LogP contribution >= 0.6 is 0 Å². The molecule has 0 aromatic heterocycles. The third-order valence-electron chi connectivity index (χ3n) is 5.56. The Morgan fingerprint density at radius 1 is 1.28 bits per heavy atom. The summed E-state index contributed by atoms with van der Waals surface area (Å²) in [6, 6.07) is 10.9. The van der Waals surface area contributed by atoms with E-state index in [0.29, 0.717) is 42.7 Å². The standard InChI is InChI=1S/C23H28FN7O/c1-15(2)21-13-30(23(32)28-18-7-4-6-17(24)12-18)10-11-31(21)22(27-14-25)29-20-9-5-8-19(26)16(20)3/h4-9,12,15,21H,10-11,13,26H2,1-3H3,(H,27,29)(H,28,32). The number of hydrogen-bond donors (Lipinski definition) is 3. The number of nitriles is 1. The Bertz CT molecular complexity index is 1050. The van der Waals surface area contributed by atoms with Crippen molar-refractivity contribution in [3.63, 3.8) is 0 Å². The summed E-state index contributed by atoms with van der Waals surface area (Å²) in [6.07, 6.45) is 1.97. The van der Waals surface area contributed by atoms with Gasteiger partial charge in [0.05, 0.1) is 11.7 Å². The second kappa shape index (κ2) is 10.0. The quantitative estimate of drug-likeness (QED) is 0.223. The van der Waals surface area contributed by atoms with Crippen molar-refractivity contribution in [1.29, 1.82) is 5.26 Å². The van der Waals surface area contributed by atoms with Gasteiger partial charge in [0, 0.05) is 31.0 Å². The Balaban J connectivity index is 1.81. The molecular formula is C23H28FN7O. The van der Waals surface area contributed by atoms with Gasteiger partial charge in [-0.15, -0.1) is 0 Å². The van der Waals surface area contributed by atoms with Crippen molar-refractivity contribution in [2.75, 3.05) is 30.7 Å². The number of nitrogen functional groups attached to an aromatic ring is 1. The number of carbonyl (C=O) groups is 1. The average Bonchev–Trinajstić information content (AvgIpc) is 2.76. The van der Waals surface area contributed by atoms with Gasteiger partial charge < -0.3 is 20.9 Å². The summed E-state index contributed by atoms with van der Waals surface area (Å²) in [6.45, 7) is 7.33. The molecule has 4 N–H and O–H groups in total. The predicted octanol–water partition coefficient (Wildman–Crippen LogP) is 3.65. The number of hydrogen-bond acceptors (Lipinski definition) is 4. The predicted molar refractivity (Wildman–Crippen MR) is 124 cm³/mol. The van der Waals surface area contributed by atoms with Crippen molar-refractivity contribution in [1.82, 2.24) is 15.1 Å². The van der Waals surface area contributed by atoms with Crippen molar-refractivity contribution in [2.45, 2.75) is 26.8 Å². The largest absolute Gasteiger partial charge is 0.398 e. The molecule has 1 saturated heterocycles. The van der Waals surface area contributed by atoms with E-state index < -0.39 is 5.82 Å². The highest BCUT2D eigenvalue weighted by Gasteiger charge is 2.33. The molecule has 2 aromatic rings. The first-order valence-electron chi connectivity index (χ1n) is 10.5. The van der Waals surface area contributed by atoms with Gasteiger partial charge in [-0.25, -0.2) is 14.2 Å². The minimum Gasteiger partial charge on any atom is -0.398 e. The number of urea groups is 1. The molecule has 1 fully saturated rings. The van der Waals surface area contributed by atoms with Crippen LogP contribution in [0.4, 0.5) is 26.2 Å². The molecule has 9 heteroatoms. The maximum atomic E-state index is 13.4. The van der Waals surface area contributed by atoms with E-state index >= 15 is 0 Å². The molecule has 1 aliphatic heterocycles. The Kier molecular flexibility index (Phi) is 7.15. The Labute approximate surface area is 187 Å². The van der Waals surface area contributed by atoms with Crippen molar-refractivity contribution >= 4 is 29.1 Å². The van der Waals surface area contributed by atoms with Crippen LogP contribution in [0.3, 0.4) is 0 Å². The molecule has 2 aromatic carbocycles. The fourth-order valence-electron chi connectivity index (χ4n) is 3.69. The SMILES string of the molecule is Cc1c(N)cccc1N=C(NC#N)N1CCN(C(=O)Nc2cccc(F)c2)CC1C(C)C. The lowest BCUT2D eigenvalue weighted by molar-refractivity contribution is 0.118. The van der Waals surface area contributed by atoms with Crippen LogP contribution in [-0.2, 0) is 0 Å². The monoisotopic (exact) mass is 437 g/mol. The number of carbonyl (C=O) groups excluding carboxylic acids is 1. The van der Waals surface area contributed by atoms with E-state index in [0.717, 1.165) is 5.56 Å². The molecule has 0 radical (unpaired) electrons. The van der Waals surface area contributed by atoms with Gasteiger partial charge in [-0.05, 0) is 48.7 Å². The van der Waals surface area contributed by atoms with E-state index in [1.807, 2.05) is 30.1 Å². The van der Waals surface area contributed by atoms with E-state index in [-0.39, 0.29) is 18.0 Å². The first kappa shape index (κ1) is 22.9. The van der Waals surface area contributed by atoms with Crippen LogP contribution in [-0.4, -0.2) is 47.5 Å². The molecule has 0 bridgehead atoms. The van der Waals surface area contributed by atoms with Crippen molar-refractivity contribution in [3.05, 3.63) is 53.8 Å². The van der Waals surface area contributed by atoms with Gasteiger partial charge in [-0.1, -0.05) is 26.0 Å². The minimum absolute atomic E-state index is 0.0806. The van der Waals surface area contributed by atoms with Crippen LogP contribution in [0.1, 0.15) is 19.4 Å². The highest BCUT2D eigenvalue weighted by molar-refractivity contribution is 5.90. The Hall–Kier alpha value is -3.80. The molecule has 0 spiro atoms. The van der Waals surface area contributed by atoms with E-state index in [1.54, 1.807) is 23.1 Å². The van der Waals surface area contributed by atoms with Crippen LogP contribution in [0.25, 0.3) is 0 Å². The topological polar surface area (TPSA) is 110 Å². The number of halogens is 1. The number of guanidine groups is 1. The fraction of sp³-hybridized carbons (Fsp3) is 0.348. The highest BCUT2D eigenvalue weighted by Crippen LogP contribution is 2.25. The zero-order valence-corrected chi connectivity index (χ0v) is 18.5. The minimum atomic E-state index is -0.409. The van der Waals surface area contributed by atoms with Crippen LogP contribution < -0.4 is 16.4 Å². The number of amides is 2. The van der Waals surface area contributed by atoms with Gasteiger partial charge in [0.2, 0.25) is 5.96 Å². The van der Waals surface area contributed by atoms with Gasteiger partial charge in [0.1, 0.15) is 5.82 Å². The normalized spacial score (nSPS) is 16.6. The maximum absolute atomic E-state index is 13.4. The Morgan fingerprint density at radius 3 is 2.72 bits per heavy atom. The van der Waals surface area contributed by atoms with Gasteiger partial charge in [0.25, 0.3) is 0 Å². The zero-order chi connectivity index (χ0) is 23.3. The molecule has 3 rings (SSSR count). The van der Waals surface area contributed by atoms with E-state index in [4.69, 9.17) is 5.73 Å². The number of nitrogens with zero attached hydrogens (tertiary/aromatic N) is 4.